The molecule has 16 nitrogen and oxygen atoms in total. The maximum absolute atomic E-state index is 14.4. The van der Waals surface area contributed by atoms with Gasteiger partial charge in [-0.15, -0.1) is 0 Å². The van der Waals surface area contributed by atoms with Gasteiger partial charge in [-0.2, -0.15) is 0 Å². The number of para-hydroxylation sites is 1. The van der Waals surface area contributed by atoms with E-state index in [1.807, 2.05) is 6.07 Å². The highest BCUT2D eigenvalue weighted by molar-refractivity contribution is 6.32. The Hall–Kier alpha value is -5.36. The van der Waals surface area contributed by atoms with E-state index in [0.717, 1.165) is 30.2 Å². The summed E-state index contributed by atoms with van der Waals surface area (Å²) in [6.45, 7) is -0.597. The van der Waals surface area contributed by atoms with Crippen molar-refractivity contribution >= 4 is 35.6 Å². The van der Waals surface area contributed by atoms with Crippen LogP contribution in [0.15, 0.2) is 70.7 Å². The van der Waals surface area contributed by atoms with Crippen molar-refractivity contribution in [3.05, 3.63) is 82.9 Å². The molecule has 0 radical (unpaired) electrons. The highest BCUT2D eigenvalue weighted by Crippen LogP contribution is 2.55. The maximum Gasteiger partial charge on any atom is 0.355 e. The van der Waals surface area contributed by atoms with Gasteiger partial charge in [0, 0.05) is 41.8 Å². The van der Waals surface area contributed by atoms with Gasteiger partial charge in [0.2, 0.25) is 0 Å². The lowest BCUT2D eigenvalue weighted by Crippen LogP contribution is -2.67. The molecule has 3 aromatic rings. The number of aliphatic hydroxyl groups excluding tert-OH is 4. The number of carboxylic acids is 1. The van der Waals surface area contributed by atoms with Gasteiger partial charge in [0.15, 0.2) is 17.6 Å². The third-order valence-corrected chi connectivity index (χ3v) is 11.5. The van der Waals surface area contributed by atoms with Crippen LogP contribution in [0.25, 0.3) is 6.08 Å². The number of hydrogen-bond donors (Lipinski definition) is 9. The topological polar surface area (TPSA) is 263 Å². The maximum atomic E-state index is 14.4. The second kappa shape index (κ2) is 15.9. The van der Waals surface area contributed by atoms with Crippen molar-refractivity contribution in [3.63, 3.8) is 0 Å². The van der Waals surface area contributed by atoms with Crippen LogP contribution in [-0.2, 0) is 26.2 Å². The minimum Gasteiger partial charge on any atom is -0.508 e. The predicted octanol–water partition coefficient (Wildman–Crippen LogP) is 2.22. The van der Waals surface area contributed by atoms with Gasteiger partial charge in [-0.25, -0.2) is 4.79 Å². The number of aliphatic carboxylic acids is 1. The first-order valence-electron chi connectivity index (χ1n) is 18.7. The number of rotatable bonds is 11. The normalized spacial score (nSPS) is 28.0. The largest absolute Gasteiger partial charge is 0.508 e. The first kappa shape index (κ1) is 39.9. The van der Waals surface area contributed by atoms with Gasteiger partial charge >= 0.3 is 11.9 Å². The molecule has 1 amide bonds. The number of nitrogens with zero attached hydrogens (tertiary/aromatic N) is 3. The number of anilines is 1. The zero-order chi connectivity index (χ0) is 40.6. The molecule has 2 fully saturated rings. The smallest absolute Gasteiger partial charge is 0.355 e. The van der Waals surface area contributed by atoms with Gasteiger partial charge in [0.05, 0.1) is 18.0 Å². The van der Waals surface area contributed by atoms with E-state index in [1.54, 1.807) is 36.5 Å². The molecule has 9 N–H and O–H groups in total. The summed E-state index contributed by atoms with van der Waals surface area (Å²) >= 11 is 0. The number of amides is 1. The third kappa shape index (κ3) is 7.59. The third-order valence-electron chi connectivity index (χ3n) is 11.5. The number of carbonyl (C=O) groups excluding carboxylic acids is 1. The minimum absolute atomic E-state index is 0.0122. The van der Waals surface area contributed by atoms with Gasteiger partial charge < -0.3 is 55.4 Å². The number of ether oxygens (including phenoxy) is 2. The summed E-state index contributed by atoms with van der Waals surface area (Å²) in [5.74, 6) is -7.38. The van der Waals surface area contributed by atoms with E-state index in [1.165, 1.54) is 24.3 Å². The lowest BCUT2D eigenvalue weighted by atomic mass is 9.63. The van der Waals surface area contributed by atoms with Crippen molar-refractivity contribution in [2.75, 3.05) is 18.2 Å². The Labute approximate surface area is 326 Å². The zero-order valence-electron chi connectivity index (χ0n) is 30.8. The number of carboxylic acid groups (broad SMARTS) is 1. The standard InChI is InChI=1S/C41H45N3O13/c45-20-33-36(50)37(51)38(52)41(55,57-33)56-32-17-28-25(16-31(32)48)26(18-40(12-4-1-5-13-40)27-6-2-3-7-30(27)47)35(39(53)54)44(28)34(49)11-9-22-8-10-29(46)23(14-22)15-24-19-42-21-43-24/h2-3,6-11,14,16-17,19,26,33,35-38,45-48,50-52,55H,1,4-5,12-13,15,18,20-21H2,(H,53,54). The highest BCUT2D eigenvalue weighted by Gasteiger charge is 2.56. The summed E-state index contributed by atoms with van der Waals surface area (Å²) in [5, 5.41) is 96.1. The number of aliphatic imine (C=N–C) groups is 2. The van der Waals surface area contributed by atoms with Gasteiger partial charge in [0.25, 0.3) is 5.91 Å². The van der Waals surface area contributed by atoms with Gasteiger partial charge in [-0.05, 0) is 66.1 Å². The molecule has 0 spiro atoms. The summed E-state index contributed by atoms with van der Waals surface area (Å²) in [5.41, 5.74) is 1.87. The number of phenols is 3. The van der Waals surface area contributed by atoms with Crippen LogP contribution >= 0.6 is 0 Å². The van der Waals surface area contributed by atoms with E-state index in [2.05, 4.69) is 9.98 Å². The molecular formula is C41H45N3O13. The molecule has 1 aliphatic carbocycles. The van der Waals surface area contributed by atoms with E-state index in [-0.39, 0.29) is 35.6 Å². The molecule has 0 aromatic heterocycles. The average molecular weight is 788 g/mol. The average Bonchev–Trinajstić information content (AvgIpc) is 3.82. The van der Waals surface area contributed by atoms with Crippen LogP contribution in [0.5, 0.6) is 23.0 Å². The Balaban J connectivity index is 1.30. The van der Waals surface area contributed by atoms with E-state index in [4.69, 9.17) is 9.47 Å². The van der Waals surface area contributed by atoms with Crippen molar-refractivity contribution in [3.8, 4) is 23.0 Å². The number of benzene rings is 3. The second-order valence-electron chi connectivity index (χ2n) is 15.0. The van der Waals surface area contributed by atoms with Crippen molar-refractivity contribution in [1.82, 2.24) is 0 Å². The van der Waals surface area contributed by atoms with Crippen LogP contribution in [-0.4, -0.2) is 119 Å². The van der Waals surface area contributed by atoms with Crippen LogP contribution in [0.4, 0.5) is 5.69 Å². The number of aliphatic hydroxyl groups is 5. The summed E-state index contributed by atoms with van der Waals surface area (Å²) in [6, 6.07) is 12.4. The van der Waals surface area contributed by atoms with Crippen LogP contribution < -0.4 is 9.64 Å². The molecule has 7 unspecified atom stereocenters. The lowest BCUT2D eigenvalue weighted by molar-refractivity contribution is -0.422. The number of carbonyl (C=O) groups is 2. The quantitative estimate of drug-likeness (QED) is 0.0999. The molecule has 7 rings (SSSR count). The molecule has 302 valence electrons. The minimum atomic E-state index is -3.12. The fraction of sp³-hybridized carbons (Fsp3) is 0.415. The molecule has 7 atom stereocenters. The fourth-order valence-corrected chi connectivity index (χ4v) is 8.66. The first-order chi connectivity index (χ1) is 27.2. The molecule has 0 bridgehead atoms. The van der Waals surface area contributed by atoms with Gasteiger partial charge in [0.1, 0.15) is 42.5 Å². The lowest BCUT2D eigenvalue weighted by Gasteiger charge is -2.44. The molecule has 57 heavy (non-hydrogen) atoms. The Bertz CT molecular complexity index is 2110. The molecule has 3 heterocycles. The highest BCUT2D eigenvalue weighted by atomic mass is 16.8. The van der Waals surface area contributed by atoms with Crippen molar-refractivity contribution in [2.24, 2.45) is 9.98 Å². The van der Waals surface area contributed by atoms with Crippen molar-refractivity contribution in [2.45, 2.75) is 92.7 Å². The van der Waals surface area contributed by atoms with Crippen LogP contribution in [0.2, 0.25) is 0 Å². The fourth-order valence-electron chi connectivity index (χ4n) is 8.66. The molecule has 16 heteroatoms. The Morgan fingerprint density at radius 1 is 0.947 bits per heavy atom. The number of fused-ring (bicyclic) bond motifs is 1. The Kier molecular flexibility index (Phi) is 11.1. The number of hydrogen-bond acceptors (Lipinski definition) is 14. The summed E-state index contributed by atoms with van der Waals surface area (Å²) in [7, 11) is 0. The second-order valence-corrected chi connectivity index (χ2v) is 15.0. The Morgan fingerprint density at radius 3 is 2.39 bits per heavy atom. The van der Waals surface area contributed by atoms with Crippen LogP contribution in [0, 0.1) is 0 Å². The molecular weight excluding hydrogens is 742 g/mol. The summed E-state index contributed by atoms with van der Waals surface area (Å²) < 4.78 is 10.8. The summed E-state index contributed by atoms with van der Waals surface area (Å²) in [6.07, 6.45) is 0.686. The summed E-state index contributed by atoms with van der Waals surface area (Å²) in [4.78, 5) is 37.1. The monoisotopic (exact) mass is 787 g/mol. The predicted molar refractivity (Wildman–Crippen MR) is 204 cm³/mol. The Morgan fingerprint density at radius 2 is 1.70 bits per heavy atom. The van der Waals surface area contributed by atoms with E-state index >= 15 is 0 Å². The number of phenolic OH excluding ortho intramolecular Hbond substituents is 3. The van der Waals surface area contributed by atoms with Crippen LogP contribution in [0.1, 0.15) is 66.7 Å². The number of aromatic hydroxyl groups is 3. The van der Waals surface area contributed by atoms with Crippen molar-refractivity contribution < 1.29 is 65.0 Å². The molecule has 1 saturated heterocycles. The molecule has 3 aromatic carbocycles. The van der Waals surface area contributed by atoms with E-state index in [0.29, 0.717) is 41.9 Å². The van der Waals surface area contributed by atoms with E-state index in [9.17, 15) is 55.5 Å². The van der Waals surface area contributed by atoms with Crippen LogP contribution in [0.3, 0.4) is 0 Å². The van der Waals surface area contributed by atoms with Gasteiger partial charge in [-0.1, -0.05) is 43.5 Å². The SMILES string of the molecule is O=C(O)C1C(CC2(c3ccccc3O)CCCCC2)c2cc(O)c(OC3(O)OC(CO)C(O)C(O)C3O)cc2N1C(=O)C=Cc1ccc(O)c(CC2=NCN=C2)c1. The molecule has 1 saturated carbocycles. The zero-order valence-corrected chi connectivity index (χ0v) is 30.8. The molecule has 4 aliphatic rings. The van der Waals surface area contributed by atoms with Gasteiger partial charge in [-0.3, -0.25) is 19.7 Å². The van der Waals surface area contributed by atoms with E-state index < -0.39 is 77.7 Å². The molecule has 3 aliphatic heterocycles. The first-order valence-corrected chi connectivity index (χ1v) is 18.7. The van der Waals surface area contributed by atoms with Crippen molar-refractivity contribution in [1.29, 1.82) is 0 Å².